The molecule has 1 heterocycles. The molecule has 0 aliphatic carbocycles. The maximum Gasteiger partial charge on any atom is 0.315 e. The van der Waals surface area contributed by atoms with Gasteiger partial charge in [-0.3, -0.25) is 9.59 Å². The fraction of sp³-hybridized carbons (Fsp3) is 0.769. The molecule has 3 atom stereocenters. The molecule has 0 saturated carbocycles. The maximum atomic E-state index is 11.9. The van der Waals surface area contributed by atoms with E-state index in [1.807, 2.05) is 6.92 Å². The third-order valence-electron chi connectivity index (χ3n) is 3.82. The molecule has 3 unspecified atom stereocenters. The summed E-state index contributed by atoms with van der Waals surface area (Å²) in [6.07, 6.45) is 0. The Hall–Kier alpha value is -1.83. The van der Waals surface area contributed by atoms with Crippen molar-refractivity contribution in [2.45, 2.75) is 32.9 Å². The monoisotopic (exact) mass is 301 g/mol. The summed E-state index contributed by atoms with van der Waals surface area (Å²) in [7, 11) is 1.64. The van der Waals surface area contributed by atoms with Crippen molar-refractivity contribution in [3.63, 3.8) is 0 Å². The first-order chi connectivity index (χ1) is 9.72. The number of ether oxygens (including phenoxy) is 1. The highest BCUT2D eigenvalue weighted by Crippen LogP contribution is 2.28. The molecule has 1 saturated heterocycles. The van der Waals surface area contributed by atoms with E-state index in [0.29, 0.717) is 6.54 Å². The zero-order valence-electron chi connectivity index (χ0n) is 12.8. The van der Waals surface area contributed by atoms with Gasteiger partial charge in [-0.25, -0.2) is 4.79 Å². The molecule has 3 amide bonds. The molecular formula is C13H23N3O5. The van der Waals surface area contributed by atoms with Gasteiger partial charge in [0.25, 0.3) is 0 Å². The van der Waals surface area contributed by atoms with Crippen LogP contribution in [-0.4, -0.2) is 66.8 Å². The molecule has 0 aromatic heterocycles. The van der Waals surface area contributed by atoms with Crippen molar-refractivity contribution < 1.29 is 24.2 Å². The highest BCUT2D eigenvalue weighted by Gasteiger charge is 2.47. The number of carboxylic acids is 1. The van der Waals surface area contributed by atoms with E-state index in [1.165, 1.54) is 11.8 Å². The van der Waals surface area contributed by atoms with Crippen LogP contribution in [0.4, 0.5) is 4.79 Å². The van der Waals surface area contributed by atoms with Gasteiger partial charge in [0.2, 0.25) is 5.91 Å². The van der Waals surface area contributed by atoms with Gasteiger partial charge in [-0.2, -0.15) is 0 Å². The molecule has 3 N–H and O–H groups in total. The Morgan fingerprint density at radius 1 is 1.48 bits per heavy atom. The van der Waals surface area contributed by atoms with Crippen LogP contribution in [-0.2, 0) is 14.3 Å². The first-order valence-electron chi connectivity index (χ1n) is 6.85. The van der Waals surface area contributed by atoms with Crippen LogP contribution in [0.25, 0.3) is 0 Å². The lowest BCUT2D eigenvalue weighted by molar-refractivity contribution is -0.148. The van der Waals surface area contributed by atoms with E-state index < -0.39 is 29.5 Å². The smallest absolute Gasteiger partial charge is 0.315 e. The Bertz CT molecular complexity index is 428. The number of aliphatic carboxylic acids is 1. The zero-order valence-corrected chi connectivity index (χ0v) is 12.8. The standard InChI is InChI=1S/C13H23N3O5/c1-5-16(4)10(17)8(2)14-12(20)15-9-6-21-7-13(9,3)11(18)19/h8-9H,5-7H2,1-4H3,(H,18,19)(H2,14,15,20). The van der Waals surface area contributed by atoms with Gasteiger partial charge in [0.05, 0.1) is 19.3 Å². The number of carbonyl (C=O) groups is 3. The van der Waals surface area contributed by atoms with Crippen molar-refractivity contribution in [1.29, 1.82) is 0 Å². The predicted molar refractivity (Wildman–Crippen MR) is 74.8 cm³/mol. The highest BCUT2D eigenvalue weighted by molar-refractivity contribution is 5.87. The van der Waals surface area contributed by atoms with Crippen LogP contribution in [0.15, 0.2) is 0 Å². The Morgan fingerprint density at radius 3 is 2.62 bits per heavy atom. The van der Waals surface area contributed by atoms with Gasteiger partial charge in [-0.05, 0) is 20.8 Å². The molecule has 21 heavy (non-hydrogen) atoms. The molecule has 0 aromatic rings. The summed E-state index contributed by atoms with van der Waals surface area (Å²) < 4.78 is 5.14. The molecule has 1 rings (SSSR count). The first-order valence-corrected chi connectivity index (χ1v) is 6.85. The molecule has 8 heteroatoms. The van der Waals surface area contributed by atoms with Crippen molar-refractivity contribution in [3.05, 3.63) is 0 Å². The number of hydrogen-bond donors (Lipinski definition) is 3. The van der Waals surface area contributed by atoms with Crippen molar-refractivity contribution in [2.24, 2.45) is 5.41 Å². The minimum Gasteiger partial charge on any atom is -0.481 e. The molecule has 120 valence electrons. The Kier molecular flexibility index (Phi) is 5.54. The van der Waals surface area contributed by atoms with Crippen LogP contribution in [0.1, 0.15) is 20.8 Å². The molecule has 1 aliphatic rings. The number of nitrogens with one attached hydrogen (secondary N) is 2. The minimum absolute atomic E-state index is 0.0420. The van der Waals surface area contributed by atoms with Gasteiger partial charge in [0.15, 0.2) is 0 Å². The van der Waals surface area contributed by atoms with E-state index >= 15 is 0 Å². The molecule has 0 radical (unpaired) electrons. The van der Waals surface area contributed by atoms with Crippen LogP contribution in [0.2, 0.25) is 0 Å². The number of hydrogen-bond acceptors (Lipinski definition) is 4. The third-order valence-corrected chi connectivity index (χ3v) is 3.82. The number of likely N-dealkylation sites (N-methyl/N-ethyl adjacent to an activating group) is 1. The second-order valence-electron chi connectivity index (χ2n) is 5.48. The van der Waals surface area contributed by atoms with Crippen LogP contribution in [0.5, 0.6) is 0 Å². The van der Waals surface area contributed by atoms with Crippen LogP contribution >= 0.6 is 0 Å². The van der Waals surface area contributed by atoms with Crippen molar-refractivity contribution >= 4 is 17.9 Å². The lowest BCUT2D eigenvalue weighted by Crippen LogP contribution is -2.55. The SMILES string of the molecule is CCN(C)C(=O)C(C)NC(=O)NC1COCC1(C)C(=O)O. The topological polar surface area (TPSA) is 108 Å². The number of carbonyl (C=O) groups excluding carboxylic acids is 2. The summed E-state index contributed by atoms with van der Waals surface area (Å²) in [6.45, 7) is 5.65. The summed E-state index contributed by atoms with van der Waals surface area (Å²) in [6, 6.07) is -1.90. The van der Waals surface area contributed by atoms with E-state index in [1.54, 1.807) is 14.0 Å². The van der Waals surface area contributed by atoms with Gasteiger partial charge >= 0.3 is 12.0 Å². The third kappa shape index (κ3) is 3.84. The summed E-state index contributed by atoms with van der Waals surface area (Å²) in [5.74, 6) is -1.24. The molecule has 8 nitrogen and oxygen atoms in total. The van der Waals surface area contributed by atoms with E-state index in [-0.39, 0.29) is 19.1 Å². The molecule has 0 aromatic carbocycles. The number of nitrogens with zero attached hydrogens (tertiary/aromatic N) is 1. The van der Waals surface area contributed by atoms with Gasteiger partial charge in [0, 0.05) is 13.6 Å². The van der Waals surface area contributed by atoms with Gasteiger partial charge in [0.1, 0.15) is 11.5 Å². The Morgan fingerprint density at radius 2 is 2.10 bits per heavy atom. The number of amides is 3. The molecular weight excluding hydrogens is 278 g/mol. The van der Waals surface area contributed by atoms with Gasteiger partial charge in [-0.1, -0.05) is 0 Å². The molecule has 0 bridgehead atoms. The van der Waals surface area contributed by atoms with E-state index in [2.05, 4.69) is 10.6 Å². The zero-order chi connectivity index (χ0) is 16.2. The van der Waals surface area contributed by atoms with Crippen molar-refractivity contribution in [2.75, 3.05) is 26.8 Å². The van der Waals surface area contributed by atoms with E-state index in [0.717, 1.165) is 0 Å². The average molecular weight is 301 g/mol. The minimum atomic E-state index is -1.16. The average Bonchev–Trinajstić information content (AvgIpc) is 2.79. The normalized spacial score (nSPS) is 26.0. The molecule has 1 fully saturated rings. The largest absolute Gasteiger partial charge is 0.481 e. The van der Waals surface area contributed by atoms with E-state index in [9.17, 15) is 19.5 Å². The molecule has 1 aliphatic heterocycles. The Labute approximate surface area is 123 Å². The van der Waals surface area contributed by atoms with Crippen molar-refractivity contribution in [1.82, 2.24) is 15.5 Å². The summed E-state index contributed by atoms with van der Waals surface area (Å²) in [4.78, 5) is 36.5. The second-order valence-corrected chi connectivity index (χ2v) is 5.48. The van der Waals surface area contributed by atoms with Gasteiger partial charge < -0.3 is 25.4 Å². The quantitative estimate of drug-likeness (QED) is 0.643. The second kappa shape index (κ2) is 6.75. The lowest BCUT2D eigenvalue weighted by atomic mass is 9.85. The number of carboxylic acid groups (broad SMARTS) is 1. The maximum absolute atomic E-state index is 11.9. The van der Waals surface area contributed by atoms with Crippen LogP contribution in [0, 0.1) is 5.41 Å². The first kappa shape index (κ1) is 17.2. The predicted octanol–water partition coefficient (Wildman–Crippen LogP) is -0.358. The number of urea groups is 1. The summed E-state index contributed by atoms with van der Waals surface area (Å²) in [5, 5.41) is 14.3. The summed E-state index contributed by atoms with van der Waals surface area (Å²) in [5.41, 5.74) is -1.16. The van der Waals surface area contributed by atoms with E-state index in [4.69, 9.17) is 4.74 Å². The van der Waals surface area contributed by atoms with Crippen LogP contribution < -0.4 is 10.6 Å². The van der Waals surface area contributed by atoms with Crippen molar-refractivity contribution in [3.8, 4) is 0 Å². The van der Waals surface area contributed by atoms with Gasteiger partial charge in [-0.15, -0.1) is 0 Å². The highest BCUT2D eigenvalue weighted by atomic mass is 16.5. The Balaban J connectivity index is 2.58. The van der Waals surface area contributed by atoms with Crippen LogP contribution in [0.3, 0.4) is 0 Å². The summed E-state index contributed by atoms with van der Waals surface area (Å²) >= 11 is 0. The fourth-order valence-corrected chi connectivity index (χ4v) is 2.03. The number of rotatable bonds is 5. The fourth-order valence-electron chi connectivity index (χ4n) is 2.03. The lowest BCUT2D eigenvalue weighted by Gasteiger charge is -2.26. The molecule has 0 spiro atoms.